The first-order valence-electron chi connectivity index (χ1n) is 11.8. The lowest BCUT2D eigenvalue weighted by Crippen LogP contribution is -2.55. The highest BCUT2D eigenvalue weighted by Gasteiger charge is 2.35. The van der Waals surface area contributed by atoms with Crippen LogP contribution in [-0.2, 0) is 25.6 Å². The first-order valence-corrected chi connectivity index (χ1v) is 11.8. The number of carbonyl (C=O) groups is 4. The zero-order valence-electron chi connectivity index (χ0n) is 19.9. The number of amides is 3. The Balaban J connectivity index is 2.13. The molecule has 0 unspecified atom stereocenters. The number of primary amides is 1. The molecule has 1 aliphatic heterocycles. The van der Waals surface area contributed by atoms with Gasteiger partial charge in [-0.1, -0.05) is 50.6 Å². The van der Waals surface area contributed by atoms with Crippen molar-refractivity contribution in [3.63, 3.8) is 0 Å². The summed E-state index contributed by atoms with van der Waals surface area (Å²) in [5, 5.41) is 15.1. The molecule has 1 aromatic rings. The van der Waals surface area contributed by atoms with Crippen molar-refractivity contribution in [1.82, 2.24) is 15.5 Å². The first kappa shape index (κ1) is 27.3. The molecule has 1 aromatic carbocycles. The molecule has 7 N–H and O–H groups in total. The number of rotatable bonds is 13. The summed E-state index contributed by atoms with van der Waals surface area (Å²) in [7, 11) is 0. The molecule has 34 heavy (non-hydrogen) atoms. The van der Waals surface area contributed by atoms with E-state index in [1.165, 1.54) is 0 Å². The fraction of sp³-hybridized carbons (Fsp3) is 0.583. The van der Waals surface area contributed by atoms with E-state index in [-0.39, 0.29) is 24.3 Å². The fourth-order valence-electron chi connectivity index (χ4n) is 4.23. The summed E-state index contributed by atoms with van der Waals surface area (Å²) in [6, 6.07) is 6.73. The Morgan fingerprint density at radius 1 is 1.18 bits per heavy atom. The quantitative estimate of drug-likeness (QED) is 0.267. The number of nitrogens with zero attached hydrogens (tertiary/aromatic N) is 1. The first-order chi connectivity index (χ1) is 16.1. The van der Waals surface area contributed by atoms with Crippen LogP contribution < -0.4 is 22.1 Å². The second-order valence-corrected chi connectivity index (χ2v) is 9.04. The van der Waals surface area contributed by atoms with Crippen molar-refractivity contribution in [2.75, 3.05) is 13.1 Å². The number of hydrogen-bond acceptors (Lipinski definition) is 6. The lowest BCUT2D eigenvalue weighted by molar-refractivity contribution is -0.144. The molecule has 0 bridgehead atoms. The lowest BCUT2D eigenvalue weighted by Gasteiger charge is -2.31. The third-order valence-corrected chi connectivity index (χ3v) is 6.33. The molecule has 0 saturated carbocycles. The average molecular weight is 476 g/mol. The molecule has 0 spiro atoms. The highest BCUT2D eigenvalue weighted by molar-refractivity contribution is 5.88. The maximum Gasteiger partial charge on any atom is 0.326 e. The molecule has 188 valence electrons. The van der Waals surface area contributed by atoms with Gasteiger partial charge >= 0.3 is 5.97 Å². The van der Waals surface area contributed by atoms with E-state index in [1.54, 1.807) is 6.92 Å². The van der Waals surface area contributed by atoms with Crippen LogP contribution >= 0.6 is 0 Å². The largest absolute Gasteiger partial charge is 0.480 e. The Hall–Kier alpha value is -2.98. The van der Waals surface area contributed by atoms with E-state index in [2.05, 4.69) is 10.6 Å². The van der Waals surface area contributed by atoms with Crippen LogP contribution in [0.1, 0.15) is 45.1 Å². The minimum atomic E-state index is -1.06. The van der Waals surface area contributed by atoms with Crippen LogP contribution in [0.2, 0.25) is 0 Å². The Morgan fingerprint density at radius 3 is 2.44 bits per heavy atom. The van der Waals surface area contributed by atoms with Crippen molar-refractivity contribution in [2.24, 2.45) is 17.4 Å². The molecule has 10 heteroatoms. The number of aliphatic carboxylic acids is 1. The predicted molar refractivity (Wildman–Crippen MR) is 127 cm³/mol. The summed E-state index contributed by atoms with van der Waals surface area (Å²) in [5.74, 6) is -2.71. The van der Waals surface area contributed by atoms with Crippen molar-refractivity contribution < 1.29 is 24.3 Å². The number of carbonyl (C=O) groups excluding carboxylic acids is 3. The summed E-state index contributed by atoms with van der Waals surface area (Å²) in [6.07, 6.45) is 2.26. The van der Waals surface area contributed by atoms with Crippen molar-refractivity contribution in [3.05, 3.63) is 35.9 Å². The molecule has 0 aliphatic carbocycles. The topological polar surface area (TPSA) is 168 Å². The molecular weight excluding hydrogens is 438 g/mol. The van der Waals surface area contributed by atoms with E-state index in [9.17, 15) is 24.3 Å². The van der Waals surface area contributed by atoms with Gasteiger partial charge in [-0.15, -0.1) is 0 Å². The van der Waals surface area contributed by atoms with Gasteiger partial charge in [-0.25, -0.2) is 4.79 Å². The van der Waals surface area contributed by atoms with Gasteiger partial charge in [0, 0.05) is 12.6 Å². The van der Waals surface area contributed by atoms with E-state index >= 15 is 0 Å². The Kier molecular flexibility index (Phi) is 10.5. The number of nitrogens with one attached hydrogen (secondary N) is 2. The maximum absolute atomic E-state index is 13.0. The molecule has 10 nitrogen and oxygen atoms in total. The fourth-order valence-corrected chi connectivity index (χ4v) is 4.23. The SMILES string of the molecule is CC[C@H](C)[C@H](NC(=O)[C@@H]1CCCN1C[C@H](Cc1ccccc1)NC(=O)[C@@H](N)CC(N)=O)C(=O)O. The molecule has 1 saturated heterocycles. The summed E-state index contributed by atoms with van der Waals surface area (Å²) in [5.41, 5.74) is 12.0. The van der Waals surface area contributed by atoms with Crippen LogP contribution in [0.15, 0.2) is 30.3 Å². The van der Waals surface area contributed by atoms with E-state index < -0.39 is 35.9 Å². The molecular formula is C24H37N5O5. The minimum Gasteiger partial charge on any atom is -0.480 e. The highest BCUT2D eigenvalue weighted by atomic mass is 16.4. The van der Waals surface area contributed by atoms with Crippen molar-refractivity contribution in [1.29, 1.82) is 0 Å². The molecule has 0 radical (unpaired) electrons. The number of benzene rings is 1. The average Bonchev–Trinajstić information content (AvgIpc) is 3.24. The summed E-state index contributed by atoms with van der Waals surface area (Å²) < 4.78 is 0. The molecule has 5 atom stereocenters. The summed E-state index contributed by atoms with van der Waals surface area (Å²) in [6.45, 7) is 4.71. The van der Waals surface area contributed by atoms with Crippen LogP contribution in [0.3, 0.4) is 0 Å². The van der Waals surface area contributed by atoms with Gasteiger partial charge in [0.05, 0.1) is 18.5 Å². The van der Waals surface area contributed by atoms with Gasteiger partial charge < -0.3 is 27.2 Å². The molecule has 1 aliphatic rings. The van der Waals surface area contributed by atoms with Crippen LogP contribution in [0.25, 0.3) is 0 Å². The Bertz CT molecular complexity index is 849. The number of likely N-dealkylation sites (tertiary alicyclic amines) is 1. The summed E-state index contributed by atoms with van der Waals surface area (Å²) in [4.78, 5) is 50.4. The van der Waals surface area contributed by atoms with Crippen molar-refractivity contribution in [2.45, 2.75) is 70.1 Å². The van der Waals surface area contributed by atoms with E-state index in [4.69, 9.17) is 11.5 Å². The molecule has 2 rings (SSSR count). The third-order valence-electron chi connectivity index (χ3n) is 6.33. The van der Waals surface area contributed by atoms with Gasteiger partial charge in [-0.05, 0) is 37.3 Å². The third kappa shape index (κ3) is 8.11. The monoisotopic (exact) mass is 475 g/mol. The number of carboxylic acids is 1. The van der Waals surface area contributed by atoms with Gasteiger partial charge in [0.25, 0.3) is 0 Å². The molecule has 3 amide bonds. The molecule has 1 fully saturated rings. The number of hydrogen-bond donors (Lipinski definition) is 5. The standard InChI is InChI=1S/C24H37N5O5/c1-3-15(2)21(24(33)34)28-23(32)19-10-7-11-29(19)14-17(12-16-8-5-4-6-9-16)27-22(31)18(25)13-20(26)30/h4-6,8-9,15,17-19,21H,3,7,10-14,25H2,1-2H3,(H2,26,30)(H,27,31)(H,28,32)(H,33,34)/t15-,17-,18-,19-,21-/m0/s1. The van der Waals surface area contributed by atoms with Crippen LogP contribution in [-0.4, -0.2) is 71.0 Å². The minimum absolute atomic E-state index is 0.201. The molecule has 1 heterocycles. The van der Waals surface area contributed by atoms with E-state index in [0.29, 0.717) is 32.4 Å². The maximum atomic E-state index is 13.0. The number of nitrogens with two attached hydrogens (primary N) is 2. The van der Waals surface area contributed by atoms with E-state index in [1.807, 2.05) is 42.2 Å². The van der Waals surface area contributed by atoms with Gasteiger partial charge in [-0.2, -0.15) is 0 Å². The van der Waals surface area contributed by atoms with Crippen molar-refractivity contribution >= 4 is 23.7 Å². The van der Waals surface area contributed by atoms with E-state index in [0.717, 1.165) is 12.0 Å². The van der Waals surface area contributed by atoms with Crippen LogP contribution in [0.4, 0.5) is 0 Å². The lowest BCUT2D eigenvalue weighted by atomic mass is 9.98. The highest BCUT2D eigenvalue weighted by Crippen LogP contribution is 2.20. The van der Waals surface area contributed by atoms with Gasteiger partial charge in [0.1, 0.15) is 6.04 Å². The second-order valence-electron chi connectivity index (χ2n) is 9.04. The smallest absolute Gasteiger partial charge is 0.326 e. The molecule has 0 aromatic heterocycles. The Morgan fingerprint density at radius 2 is 1.85 bits per heavy atom. The second kappa shape index (κ2) is 13.0. The Labute approximate surface area is 200 Å². The van der Waals surface area contributed by atoms with Gasteiger partial charge in [-0.3, -0.25) is 19.3 Å². The van der Waals surface area contributed by atoms with Gasteiger partial charge in [0.2, 0.25) is 17.7 Å². The van der Waals surface area contributed by atoms with Crippen LogP contribution in [0.5, 0.6) is 0 Å². The van der Waals surface area contributed by atoms with Gasteiger partial charge in [0.15, 0.2) is 0 Å². The normalized spacial score (nSPS) is 19.6. The summed E-state index contributed by atoms with van der Waals surface area (Å²) >= 11 is 0. The number of carboxylic acid groups (broad SMARTS) is 1. The predicted octanol–water partition coefficient (Wildman–Crippen LogP) is -0.00350. The van der Waals surface area contributed by atoms with Crippen molar-refractivity contribution in [3.8, 4) is 0 Å². The zero-order valence-corrected chi connectivity index (χ0v) is 19.9. The van der Waals surface area contributed by atoms with Crippen LogP contribution in [0, 0.1) is 5.92 Å². The zero-order chi connectivity index (χ0) is 25.3.